The van der Waals surface area contributed by atoms with Crippen LogP contribution in [0.4, 0.5) is 0 Å². The van der Waals surface area contributed by atoms with Gasteiger partial charge in [-0.25, -0.2) is 4.98 Å². The van der Waals surface area contributed by atoms with Gasteiger partial charge in [-0.05, 0) is 31.6 Å². The number of aromatic nitrogens is 2. The molecule has 0 aliphatic heterocycles. The Hall–Kier alpha value is -2.11. The number of hydrogen-bond acceptors (Lipinski definition) is 4. The number of nitrogens with one attached hydrogen (secondary N) is 1. The molecular formula is C17H23N3O3. The second kappa shape index (κ2) is 5.83. The molecule has 6 heteroatoms. The fourth-order valence-corrected chi connectivity index (χ4v) is 3.54. The molecule has 0 aromatic carbocycles. The fourth-order valence-electron chi connectivity index (χ4n) is 3.54. The molecule has 0 bridgehead atoms. The smallest absolute Gasteiger partial charge is 0.265 e. The van der Waals surface area contributed by atoms with Crippen molar-refractivity contribution < 1.29 is 9.21 Å². The van der Waals surface area contributed by atoms with Crippen molar-refractivity contribution in [2.45, 2.75) is 46.0 Å². The summed E-state index contributed by atoms with van der Waals surface area (Å²) in [6.45, 7) is 4.53. The van der Waals surface area contributed by atoms with Crippen molar-refractivity contribution in [1.82, 2.24) is 14.9 Å². The lowest BCUT2D eigenvalue weighted by molar-refractivity contribution is 0.0832. The lowest BCUT2D eigenvalue weighted by atomic mass is 9.66. The van der Waals surface area contributed by atoms with Gasteiger partial charge in [0.25, 0.3) is 11.5 Å². The molecule has 1 saturated carbocycles. The standard InChI is InChI=1S/C17H23N3O3/c1-4-6-17(7-5-8-17)9-18-14(21)12-11(2)23-15-13(12)16(22)20(3)10-19-15/h10H,4-9H2,1-3H3,(H,18,21). The minimum Gasteiger partial charge on any atom is -0.442 e. The number of amides is 1. The zero-order valence-electron chi connectivity index (χ0n) is 13.9. The van der Waals surface area contributed by atoms with Gasteiger partial charge in [-0.15, -0.1) is 0 Å². The molecule has 0 saturated heterocycles. The van der Waals surface area contributed by atoms with Gasteiger partial charge in [0.15, 0.2) is 0 Å². The van der Waals surface area contributed by atoms with E-state index in [-0.39, 0.29) is 28.0 Å². The summed E-state index contributed by atoms with van der Waals surface area (Å²) in [5, 5.41) is 3.28. The first-order valence-corrected chi connectivity index (χ1v) is 8.20. The molecule has 1 aliphatic rings. The molecule has 1 N–H and O–H groups in total. The average molecular weight is 317 g/mol. The largest absolute Gasteiger partial charge is 0.442 e. The van der Waals surface area contributed by atoms with Crippen LogP contribution in [-0.2, 0) is 7.05 Å². The first-order chi connectivity index (χ1) is 11.0. The number of furan rings is 1. The summed E-state index contributed by atoms with van der Waals surface area (Å²) in [5.74, 6) is 0.195. The highest BCUT2D eigenvalue weighted by atomic mass is 16.3. The summed E-state index contributed by atoms with van der Waals surface area (Å²) in [4.78, 5) is 29.1. The van der Waals surface area contributed by atoms with Crippen LogP contribution >= 0.6 is 0 Å². The molecule has 0 atom stereocenters. The lowest BCUT2D eigenvalue weighted by Gasteiger charge is -2.42. The average Bonchev–Trinajstić information content (AvgIpc) is 2.82. The van der Waals surface area contributed by atoms with Crippen LogP contribution in [-0.4, -0.2) is 22.0 Å². The molecule has 0 radical (unpaired) electrons. The predicted molar refractivity (Wildman–Crippen MR) is 87.5 cm³/mol. The van der Waals surface area contributed by atoms with E-state index in [1.165, 1.54) is 17.3 Å². The predicted octanol–water partition coefficient (Wildman–Crippen LogP) is 2.54. The molecular weight excluding hydrogens is 294 g/mol. The third-order valence-electron chi connectivity index (χ3n) is 4.99. The van der Waals surface area contributed by atoms with Crippen LogP contribution in [0.1, 0.15) is 55.1 Å². The Kier molecular flexibility index (Phi) is 4.00. The van der Waals surface area contributed by atoms with Crippen molar-refractivity contribution in [2.24, 2.45) is 12.5 Å². The van der Waals surface area contributed by atoms with E-state index in [4.69, 9.17) is 4.42 Å². The number of carbonyl (C=O) groups is 1. The van der Waals surface area contributed by atoms with E-state index in [1.807, 2.05) is 0 Å². The van der Waals surface area contributed by atoms with Crippen molar-refractivity contribution in [1.29, 1.82) is 0 Å². The van der Waals surface area contributed by atoms with Crippen LogP contribution in [0.25, 0.3) is 11.1 Å². The van der Waals surface area contributed by atoms with E-state index in [9.17, 15) is 9.59 Å². The van der Waals surface area contributed by atoms with E-state index >= 15 is 0 Å². The summed E-state index contributed by atoms with van der Waals surface area (Å²) in [6, 6.07) is 0. The van der Waals surface area contributed by atoms with E-state index < -0.39 is 0 Å². The van der Waals surface area contributed by atoms with Gasteiger partial charge in [0, 0.05) is 13.6 Å². The second-order valence-corrected chi connectivity index (χ2v) is 6.66. The Morgan fingerprint density at radius 2 is 2.22 bits per heavy atom. The fraction of sp³-hybridized carbons (Fsp3) is 0.588. The Bertz CT molecular complexity index is 799. The third-order valence-corrected chi connectivity index (χ3v) is 4.99. The van der Waals surface area contributed by atoms with Crippen LogP contribution < -0.4 is 10.9 Å². The number of rotatable bonds is 5. The molecule has 23 heavy (non-hydrogen) atoms. The first kappa shape index (κ1) is 15.8. The zero-order valence-corrected chi connectivity index (χ0v) is 13.9. The van der Waals surface area contributed by atoms with E-state index in [1.54, 1.807) is 14.0 Å². The molecule has 124 valence electrons. The minimum atomic E-state index is -0.260. The van der Waals surface area contributed by atoms with Crippen LogP contribution in [0.15, 0.2) is 15.5 Å². The molecule has 6 nitrogen and oxygen atoms in total. The Morgan fingerprint density at radius 1 is 1.48 bits per heavy atom. The molecule has 2 aromatic heterocycles. The summed E-state index contributed by atoms with van der Waals surface area (Å²) in [7, 11) is 1.61. The van der Waals surface area contributed by atoms with Crippen molar-refractivity contribution in [3.63, 3.8) is 0 Å². The van der Waals surface area contributed by atoms with Crippen LogP contribution in [0.3, 0.4) is 0 Å². The van der Waals surface area contributed by atoms with Crippen LogP contribution in [0.2, 0.25) is 0 Å². The maximum absolute atomic E-state index is 12.6. The van der Waals surface area contributed by atoms with Gasteiger partial charge in [0.05, 0.1) is 5.56 Å². The Morgan fingerprint density at radius 3 is 2.83 bits per heavy atom. The molecule has 0 unspecified atom stereocenters. The molecule has 0 spiro atoms. The molecule has 1 amide bonds. The summed E-state index contributed by atoms with van der Waals surface area (Å²) in [6.07, 6.45) is 7.20. The van der Waals surface area contributed by atoms with Crippen molar-refractivity contribution >= 4 is 17.0 Å². The number of fused-ring (bicyclic) bond motifs is 1. The van der Waals surface area contributed by atoms with E-state index in [0.717, 1.165) is 25.7 Å². The number of carbonyl (C=O) groups excluding carboxylic acids is 1. The monoisotopic (exact) mass is 317 g/mol. The minimum absolute atomic E-state index is 0.225. The highest BCUT2D eigenvalue weighted by molar-refractivity contribution is 6.06. The molecule has 3 rings (SSSR count). The lowest BCUT2D eigenvalue weighted by Crippen LogP contribution is -2.42. The first-order valence-electron chi connectivity index (χ1n) is 8.20. The van der Waals surface area contributed by atoms with Gasteiger partial charge in [-0.3, -0.25) is 9.59 Å². The highest BCUT2D eigenvalue weighted by Crippen LogP contribution is 2.44. The molecule has 1 aliphatic carbocycles. The number of hydrogen-bond donors (Lipinski definition) is 1. The van der Waals surface area contributed by atoms with Crippen LogP contribution in [0.5, 0.6) is 0 Å². The number of aryl methyl sites for hydroxylation is 2. The van der Waals surface area contributed by atoms with E-state index in [0.29, 0.717) is 17.9 Å². The quantitative estimate of drug-likeness (QED) is 0.919. The zero-order chi connectivity index (χ0) is 16.6. The summed E-state index contributed by atoms with van der Waals surface area (Å²) < 4.78 is 6.85. The van der Waals surface area contributed by atoms with Gasteiger partial charge in [0.1, 0.15) is 17.5 Å². The molecule has 2 heterocycles. The maximum Gasteiger partial charge on any atom is 0.265 e. The van der Waals surface area contributed by atoms with Crippen molar-refractivity contribution in [3.8, 4) is 0 Å². The van der Waals surface area contributed by atoms with Gasteiger partial charge in [-0.1, -0.05) is 19.8 Å². The van der Waals surface area contributed by atoms with Gasteiger partial charge < -0.3 is 14.3 Å². The number of nitrogens with zero attached hydrogens (tertiary/aromatic N) is 2. The van der Waals surface area contributed by atoms with Gasteiger partial charge >= 0.3 is 0 Å². The van der Waals surface area contributed by atoms with Crippen molar-refractivity contribution in [2.75, 3.05) is 6.54 Å². The van der Waals surface area contributed by atoms with Crippen LogP contribution in [0, 0.1) is 12.3 Å². The summed E-state index contributed by atoms with van der Waals surface area (Å²) >= 11 is 0. The van der Waals surface area contributed by atoms with Gasteiger partial charge in [0.2, 0.25) is 5.71 Å². The third kappa shape index (κ3) is 2.66. The second-order valence-electron chi connectivity index (χ2n) is 6.66. The molecule has 1 fully saturated rings. The SMILES string of the molecule is CCCC1(CNC(=O)c2c(C)oc3ncn(C)c(=O)c23)CCC1. The Balaban J connectivity index is 1.88. The topological polar surface area (TPSA) is 77.1 Å². The highest BCUT2D eigenvalue weighted by Gasteiger charge is 2.36. The molecule has 2 aromatic rings. The Labute approximate surface area is 134 Å². The maximum atomic E-state index is 12.6. The normalized spacial score (nSPS) is 16.3. The van der Waals surface area contributed by atoms with Crippen molar-refractivity contribution in [3.05, 3.63) is 28.0 Å². The van der Waals surface area contributed by atoms with E-state index in [2.05, 4.69) is 17.2 Å². The van der Waals surface area contributed by atoms with Gasteiger partial charge in [-0.2, -0.15) is 0 Å². The summed E-state index contributed by atoms with van der Waals surface area (Å²) in [5.41, 5.74) is 0.521.